The van der Waals surface area contributed by atoms with Crippen molar-refractivity contribution in [2.45, 2.75) is 25.4 Å². The third-order valence-electron chi connectivity index (χ3n) is 6.96. The van der Waals surface area contributed by atoms with Crippen LogP contribution in [-0.2, 0) is 17.8 Å². The highest BCUT2D eigenvalue weighted by Gasteiger charge is 2.29. The van der Waals surface area contributed by atoms with E-state index in [1.54, 1.807) is 30.4 Å². The monoisotopic (exact) mass is 545 g/mol. The number of imidazole rings is 1. The molecule has 10 heteroatoms. The minimum Gasteiger partial charge on any atom is -0.497 e. The number of carbonyl (C=O) groups is 1. The molecule has 1 aliphatic heterocycles. The van der Waals surface area contributed by atoms with Gasteiger partial charge in [-0.05, 0) is 47.9 Å². The van der Waals surface area contributed by atoms with Gasteiger partial charge < -0.3 is 15.0 Å². The number of hydrogen-bond acceptors (Lipinski definition) is 7. The number of piperazine rings is 1. The fraction of sp³-hybridized carbons (Fsp3) is 0.310. The van der Waals surface area contributed by atoms with Crippen LogP contribution in [0.2, 0.25) is 5.02 Å². The number of hydrogen-bond donors (Lipinski definition) is 1. The lowest BCUT2D eigenvalue weighted by atomic mass is 10.1. The first-order valence-electron chi connectivity index (χ1n) is 13.0. The van der Waals surface area contributed by atoms with Crippen molar-refractivity contribution in [1.29, 1.82) is 0 Å². The lowest BCUT2D eigenvalue weighted by Crippen LogP contribution is -2.55. The molecule has 1 fully saturated rings. The highest BCUT2D eigenvalue weighted by Crippen LogP contribution is 2.21. The average Bonchev–Trinajstić information content (AvgIpc) is 3.52. The zero-order chi connectivity index (χ0) is 27.0. The summed E-state index contributed by atoms with van der Waals surface area (Å²) in [6.45, 7) is 3.66. The van der Waals surface area contributed by atoms with Crippen molar-refractivity contribution in [3.05, 3.63) is 95.7 Å². The molecule has 1 saturated heterocycles. The smallest absolute Gasteiger partial charge is 0.236 e. The van der Waals surface area contributed by atoms with E-state index in [4.69, 9.17) is 21.3 Å². The van der Waals surface area contributed by atoms with E-state index in [1.165, 1.54) is 5.56 Å². The maximum Gasteiger partial charge on any atom is 0.236 e. The van der Waals surface area contributed by atoms with Gasteiger partial charge in [-0.3, -0.25) is 14.3 Å². The van der Waals surface area contributed by atoms with Gasteiger partial charge in [0.05, 0.1) is 7.11 Å². The summed E-state index contributed by atoms with van der Waals surface area (Å²) < 4.78 is 7.08. The summed E-state index contributed by atoms with van der Waals surface area (Å²) in [5.74, 6) is 2.29. The molecular formula is C29H32ClN7O2. The lowest BCUT2D eigenvalue weighted by molar-refractivity contribution is -0.122. The molecule has 3 heterocycles. The molecule has 5 rings (SSSR count). The molecule has 1 amide bonds. The van der Waals surface area contributed by atoms with Gasteiger partial charge in [0.2, 0.25) is 11.9 Å². The maximum absolute atomic E-state index is 13.1. The SMILES string of the molecule is COc1ccc(CCN2CCN(c3ccnc(-n4ccnc4)n3)CC2CC(=O)NCc2ccc(Cl)cc2)cc1. The molecular weight excluding hydrogens is 514 g/mol. The molecule has 4 aromatic rings. The van der Waals surface area contributed by atoms with Gasteiger partial charge in [0.15, 0.2) is 0 Å². The first-order chi connectivity index (χ1) is 19.1. The molecule has 2 aromatic carbocycles. The molecule has 0 spiro atoms. The van der Waals surface area contributed by atoms with Gasteiger partial charge in [0.25, 0.3) is 0 Å². The summed E-state index contributed by atoms with van der Waals surface area (Å²) in [7, 11) is 1.67. The van der Waals surface area contributed by atoms with Gasteiger partial charge in [-0.25, -0.2) is 9.97 Å². The molecule has 0 radical (unpaired) electrons. The Kier molecular flexibility index (Phi) is 8.70. The second-order valence-electron chi connectivity index (χ2n) is 9.53. The van der Waals surface area contributed by atoms with Crippen molar-refractivity contribution < 1.29 is 9.53 Å². The van der Waals surface area contributed by atoms with E-state index in [1.807, 2.05) is 48.7 Å². The van der Waals surface area contributed by atoms with Gasteiger partial charge in [-0.15, -0.1) is 0 Å². The predicted molar refractivity (Wildman–Crippen MR) is 151 cm³/mol. The molecule has 202 valence electrons. The predicted octanol–water partition coefficient (Wildman–Crippen LogP) is 3.76. The van der Waals surface area contributed by atoms with Crippen LogP contribution in [0.15, 0.2) is 79.5 Å². The van der Waals surface area contributed by atoms with Crippen LogP contribution in [0.4, 0.5) is 5.82 Å². The normalized spacial score (nSPS) is 15.7. The van der Waals surface area contributed by atoms with E-state index in [0.29, 0.717) is 30.5 Å². The van der Waals surface area contributed by atoms with Crippen molar-refractivity contribution >= 4 is 23.3 Å². The number of rotatable bonds is 10. The van der Waals surface area contributed by atoms with Crippen molar-refractivity contribution in [1.82, 2.24) is 29.7 Å². The standard InChI is InChI=1S/C29H32ClN7O2/c1-39-26-8-4-22(5-9-26)11-14-35-16-17-36(27-10-12-32-29(34-27)37-15-13-31-21-37)20-25(35)18-28(38)33-19-23-2-6-24(30)7-3-23/h2-10,12-13,15,21,25H,11,14,16-20H2,1H3,(H,33,38). The van der Waals surface area contributed by atoms with Crippen molar-refractivity contribution in [2.75, 3.05) is 38.2 Å². The van der Waals surface area contributed by atoms with E-state index < -0.39 is 0 Å². The molecule has 1 N–H and O–H groups in total. The zero-order valence-corrected chi connectivity index (χ0v) is 22.7. The summed E-state index contributed by atoms with van der Waals surface area (Å²) in [6.07, 6.45) is 8.27. The molecule has 0 aliphatic carbocycles. The van der Waals surface area contributed by atoms with Crippen LogP contribution >= 0.6 is 11.6 Å². The largest absolute Gasteiger partial charge is 0.497 e. The van der Waals surface area contributed by atoms with Gasteiger partial charge in [-0.2, -0.15) is 4.98 Å². The lowest BCUT2D eigenvalue weighted by Gasteiger charge is -2.42. The molecule has 0 saturated carbocycles. The third-order valence-corrected chi connectivity index (χ3v) is 7.21. The number of nitrogens with zero attached hydrogens (tertiary/aromatic N) is 6. The third kappa shape index (κ3) is 7.13. The molecule has 1 unspecified atom stereocenters. The van der Waals surface area contributed by atoms with Gasteiger partial charge in [0.1, 0.15) is 17.9 Å². The van der Waals surface area contributed by atoms with E-state index in [0.717, 1.165) is 43.2 Å². The second-order valence-corrected chi connectivity index (χ2v) is 9.96. The van der Waals surface area contributed by atoms with Crippen LogP contribution in [-0.4, -0.2) is 69.7 Å². The van der Waals surface area contributed by atoms with Gasteiger partial charge in [-0.1, -0.05) is 35.9 Å². The summed E-state index contributed by atoms with van der Waals surface area (Å²) >= 11 is 5.99. The molecule has 1 aliphatic rings. The zero-order valence-electron chi connectivity index (χ0n) is 21.9. The Morgan fingerprint density at radius 1 is 1.05 bits per heavy atom. The summed E-state index contributed by atoms with van der Waals surface area (Å²) in [4.78, 5) is 31.0. The number of anilines is 1. The molecule has 2 aromatic heterocycles. The quantitative estimate of drug-likeness (QED) is 0.324. The fourth-order valence-electron chi connectivity index (χ4n) is 4.76. The minimum atomic E-state index is 0.0213. The summed E-state index contributed by atoms with van der Waals surface area (Å²) in [5, 5.41) is 3.76. The van der Waals surface area contributed by atoms with E-state index >= 15 is 0 Å². The second kappa shape index (κ2) is 12.7. The van der Waals surface area contributed by atoms with Crippen LogP contribution in [0, 0.1) is 0 Å². The van der Waals surface area contributed by atoms with Crippen molar-refractivity contribution in [3.8, 4) is 11.7 Å². The van der Waals surface area contributed by atoms with E-state index in [-0.39, 0.29) is 11.9 Å². The number of aromatic nitrogens is 4. The highest BCUT2D eigenvalue weighted by molar-refractivity contribution is 6.30. The van der Waals surface area contributed by atoms with Crippen LogP contribution in [0.3, 0.4) is 0 Å². The Bertz CT molecular complexity index is 1350. The number of amides is 1. The highest BCUT2D eigenvalue weighted by atomic mass is 35.5. The molecule has 9 nitrogen and oxygen atoms in total. The van der Waals surface area contributed by atoms with Gasteiger partial charge >= 0.3 is 0 Å². The number of nitrogens with one attached hydrogen (secondary N) is 1. The molecule has 1 atom stereocenters. The fourth-order valence-corrected chi connectivity index (χ4v) is 4.89. The first kappa shape index (κ1) is 26.6. The van der Waals surface area contributed by atoms with Crippen molar-refractivity contribution in [3.63, 3.8) is 0 Å². The van der Waals surface area contributed by atoms with Crippen LogP contribution in [0.25, 0.3) is 5.95 Å². The van der Waals surface area contributed by atoms with E-state index in [2.05, 4.69) is 37.2 Å². The number of benzene rings is 2. The van der Waals surface area contributed by atoms with Crippen molar-refractivity contribution in [2.24, 2.45) is 0 Å². The number of methoxy groups -OCH3 is 1. The van der Waals surface area contributed by atoms with Crippen LogP contribution in [0.1, 0.15) is 17.5 Å². The average molecular weight is 546 g/mol. The Balaban J connectivity index is 1.27. The first-order valence-corrected chi connectivity index (χ1v) is 13.4. The Morgan fingerprint density at radius 3 is 2.59 bits per heavy atom. The summed E-state index contributed by atoms with van der Waals surface area (Å²) in [6, 6.07) is 17.7. The molecule has 0 bridgehead atoms. The van der Waals surface area contributed by atoms with Crippen LogP contribution in [0.5, 0.6) is 5.75 Å². The Labute approximate surface area is 233 Å². The van der Waals surface area contributed by atoms with E-state index in [9.17, 15) is 4.79 Å². The summed E-state index contributed by atoms with van der Waals surface area (Å²) in [5.41, 5.74) is 2.26. The van der Waals surface area contributed by atoms with Gasteiger partial charge in [0, 0.05) is 68.8 Å². The number of carbonyl (C=O) groups excluding carboxylic acids is 1. The van der Waals surface area contributed by atoms with Crippen LogP contribution < -0.4 is 15.0 Å². The number of halogens is 1. The number of ether oxygens (including phenoxy) is 1. The molecule has 39 heavy (non-hydrogen) atoms. The topological polar surface area (TPSA) is 88.4 Å². The Hall–Kier alpha value is -3.95. The maximum atomic E-state index is 13.1. The minimum absolute atomic E-state index is 0.0213. The Morgan fingerprint density at radius 2 is 1.85 bits per heavy atom.